The zero-order chi connectivity index (χ0) is 10.1. The predicted octanol–water partition coefficient (Wildman–Crippen LogP) is 2.24. The van der Waals surface area contributed by atoms with Crippen molar-refractivity contribution in [3.05, 3.63) is 29.5 Å². The normalized spacial score (nSPS) is 10.8. The van der Waals surface area contributed by atoms with Gasteiger partial charge < -0.3 is 14.3 Å². The van der Waals surface area contributed by atoms with Gasteiger partial charge in [-0.1, -0.05) is 0 Å². The number of aryl methyl sites for hydroxylation is 1. The van der Waals surface area contributed by atoms with Crippen LogP contribution in [-0.2, 0) is 6.61 Å². The minimum Gasteiger partial charge on any atom is -0.497 e. The summed E-state index contributed by atoms with van der Waals surface area (Å²) in [6, 6.07) is 5.60. The Morgan fingerprint density at radius 1 is 1.43 bits per heavy atom. The van der Waals surface area contributed by atoms with Crippen LogP contribution in [0.2, 0.25) is 0 Å². The molecule has 3 nitrogen and oxygen atoms in total. The number of fused-ring (bicyclic) bond motifs is 1. The third-order valence-corrected chi connectivity index (χ3v) is 2.39. The standard InChI is InChI=1S/C11H12O3/c1-7-9-5-8(13-2)3-4-10(9)14-11(7)6-12/h3-5,12H,6H2,1-2H3. The summed E-state index contributed by atoms with van der Waals surface area (Å²) in [6.45, 7) is 1.86. The molecule has 74 valence electrons. The average molecular weight is 192 g/mol. The van der Waals surface area contributed by atoms with Crippen LogP contribution >= 0.6 is 0 Å². The van der Waals surface area contributed by atoms with E-state index in [0.717, 1.165) is 22.3 Å². The molecule has 0 aliphatic rings. The number of rotatable bonds is 2. The maximum absolute atomic E-state index is 9.02. The van der Waals surface area contributed by atoms with Gasteiger partial charge in [0.25, 0.3) is 0 Å². The summed E-state index contributed by atoms with van der Waals surface area (Å²) in [6.07, 6.45) is 0. The second-order valence-corrected chi connectivity index (χ2v) is 3.17. The zero-order valence-electron chi connectivity index (χ0n) is 8.20. The highest BCUT2D eigenvalue weighted by Crippen LogP contribution is 2.28. The summed E-state index contributed by atoms with van der Waals surface area (Å²) in [5, 5.41) is 10.0. The van der Waals surface area contributed by atoms with Crippen LogP contribution in [0, 0.1) is 6.92 Å². The molecule has 0 saturated heterocycles. The van der Waals surface area contributed by atoms with Gasteiger partial charge in [-0.2, -0.15) is 0 Å². The second kappa shape index (κ2) is 3.35. The molecule has 0 atom stereocenters. The van der Waals surface area contributed by atoms with Crippen LogP contribution in [0.5, 0.6) is 5.75 Å². The van der Waals surface area contributed by atoms with Gasteiger partial charge in [-0.05, 0) is 25.1 Å². The fraction of sp³-hybridized carbons (Fsp3) is 0.273. The minimum absolute atomic E-state index is 0.0666. The maximum Gasteiger partial charge on any atom is 0.134 e. The number of hydrogen-bond donors (Lipinski definition) is 1. The number of hydrogen-bond acceptors (Lipinski definition) is 3. The van der Waals surface area contributed by atoms with Crippen LogP contribution in [0.3, 0.4) is 0 Å². The fourth-order valence-corrected chi connectivity index (χ4v) is 1.53. The number of aliphatic hydroxyl groups is 1. The lowest BCUT2D eigenvalue weighted by Gasteiger charge is -1.97. The Balaban J connectivity index is 2.68. The summed E-state index contributed by atoms with van der Waals surface area (Å²) >= 11 is 0. The molecule has 0 aliphatic heterocycles. The van der Waals surface area contributed by atoms with Gasteiger partial charge >= 0.3 is 0 Å². The van der Waals surface area contributed by atoms with E-state index in [2.05, 4.69) is 0 Å². The van der Waals surface area contributed by atoms with Crippen molar-refractivity contribution in [2.24, 2.45) is 0 Å². The molecule has 2 rings (SSSR count). The lowest BCUT2D eigenvalue weighted by molar-refractivity contribution is 0.250. The Hall–Kier alpha value is -1.48. The molecule has 1 heterocycles. The molecule has 0 radical (unpaired) electrons. The van der Waals surface area contributed by atoms with E-state index in [4.69, 9.17) is 14.3 Å². The topological polar surface area (TPSA) is 42.6 Å². The van der Waals surface area contributed by atoms with Gasteiger partial charge in [-0.15, -0.1) is 0 Å². The molecule has 14 heavy (non-hydrogen) atoms. The summed E-state index contributed by atoms with van der Waals surface area (Å²) in [5.41, 5.74) is 1.76. The Morgan fingerprint density at radius 2 is 2.21 bits per heavy atom. The second-order valence-electron chi connectivity index (χ2n) is 3.17. The summed E-state index contributed by atoms with van der Waals surface area (Å²) < 4.78 is 10.6. The molecule has 2 aromatic rings. The highest BCUT2D eigenvalue weighted by atomic mass is 16.5. The molecule has 0 bridgehead atoms. The minimum atomic E-state index is -0.0666. The first-order valence-electron chi connectivity index (χ1n) is 4.43. The molecule has 0 spiro atoms. The van der Waals surface area contributed by atoms with Crippen molar-refractivity contribution in [3.63, 3.8) is 0 Å². The number of benzene rings is 1. The third-order valence-electron chi connectivity index (χ3n) is 2.39. The molecule has 0 unspecified atom stereocenters. The smallest absolute Gasteiger partial charge is 0.134 e. The van der Waals surface area contributed by atoms with Gasteiger partial charge in [0.2, 0.25) is 0 Å². The number of aliphatic hydroxyl groups excluding tert-OH is 1. The van der Waals surface area contributed by atoms with Crippen molar-refractivity contribution in [2.75, 3.05) is 7.11 Å². The summed E-state index contributed by atoms with van der Waals surface area (Å²) in [7, 11) is 1.63. The molecule has 3 heteroatoms. The van der Waals surface area contributed by atoms with E-state index in [0.29, 0.717) is 5.76 Å². The molecule has 0 fully saturated rings. The Labute approximate surface area is 81.9 Å². The zero-order valence-corrected chi connectivity index (χ0v) is 8.20. The monoisotopic (exact) mass is 192 g/mol. The molecular weight excluding hydrogens is 180 g/mol. The lowest BCUT2D eigenvalue weighted by atomic mass is 10.1. The third kappa shape index (κ3) is 1.26. The highest BCUT2D eigenvalue weighted by Gasteiger charge is 2.09. The van der Waals surface area contributed by atoms with E-state index < -0.39 is 0 Å². The van der Waals surface area contributed by atoms with E-state index in [-0.39, 0.29) is 6.61 Å². The van der Waals surface area contributed by atoms with Crippen molar-refractivity contribution in [3.8, 4) is 5.75 Å². The van der Waals surface area contributed by atoms with Crippen molar-refractivity contribution < 1.29 is 14.3 Å². The maximum atomic E-state index is 9.02. The van der Waals surface area contributed by atoms with Gasteiger partial charge in [0.15, 0.2) is 0 Å². The van der Waals surface area contributed by atoms with Crippen molar-refractivity contribution >= 4 is 11.0 Å². The van der Waals surface area contributed by atoms with Gasteiger partial charge in [0.1, 0.15) is 23.7 Å². The molecule has 1 N–H and O–H groups in total. The number of methoxy groups -OCH3 is 1. The quantitative estimate of drug-likeness (QED) is 0.793. The first kappa shape index (κ1) is 9.09. The van der Waals surface area contributed by atoms with Crippen LogP contribution in [0.15, 0.2) is 22.6 Å². The molecule has 1 aromatic carbocycles. The lowest BCUT2D eigenvalue weighted by Crippen LogP contribution is -1.82. The molecule has 1 aromatic heterocycles. The highest BCUT2D eigenvalue weighted by molar-refractivity contribution is 5.83. The van der Waals surface area contributed by atoms with Crippen molar-refractivity contribution in [1.29, 1.82) is 0 Å². The largest absolute Gasteiger partial charge is 0.497 e. The van der Waals surface area contributed by atoms with Gasteiger partial charge in [0.05, 0.1) is 7.11 Å². The molecule has 0 amide bonds. The van der Waals surface area contributed by atoms with Crippen LogP contribution < -0.4 is 4.74 Å². The van der Waals surface area contributed by atoms with E-state index in [9.17, 15) is 0 Å². The van der Waals surface area contributed by atoms with Crippen LogP contribution in [0.25, 0.3) is 11.0 Å². The molecule has 0 aliphatic carbocycles. The van der Waals surface area contributed by atoms with Crippen LogP contribution in [-0.4, -0.2) is 12.2 Å². The summed E-state index contributed by atoms with van der Waals surface area (Å²) in [4.78, 5) is 0. The van der Waals surface area contributed by atoms with Crippen molar-refractivity contribution in [2.45, 2.75) is 13.5 Å². The fourth-order valence-electron chi connectivity index (χ4n) is 1.53. The molecular formula is C11H12O3. The van der Waals surface area contributed by atoms with E-state index >= 15 is 0 Å². The Bertz CT molecular complexity index is 457. The Morgan fingerprint density at radius 3 is 2.86 bits per heavy atom. The van der Waals surface area contributed by atoms with Crippen LogP contribution in [0.1, 0.15) is 11.3 Å². The van der Waals surface area contributed by atoms with Crippen LogP contribution in [0.4, 0.5) is 0 Å². The van der Waals surface area contributed by atoms with Gasteiger partial charge in [-0.25, -0.2) is 0 Å². The van der Waals surface area contributed by atoms with E-state index in [1.807, 2.05) is 25.1 Å². The Kier molecular flexibility index (Phi) is 2.17. The summed E-state index contributed by atoms with van der Waals surface area (Å²) in [5.74, 6) is 1.42. The van der Waals surface area contributed by atoms with Gasteiger partial charge in [-0.3, -0.25) is 0 Å². The SMILES string of the molecule is COc1ccc2oc(CO)c(C)c2c1. The van der Waals surface area contributed by atoms with Crippen molar-refractivity contribution in [1.82, 2.24) is 0 Å². The van der Waals surface area contributed by atoms with E-state index in [1.165, 1.54) is 0 Å². The number of furan rings is 1. The first-order chi connectivity index (χ1) is 6.76. The average Bonchev–Trinajstić information content (AvgIpc) is 2.55. The number of ether oxygens (including phenoxy) is 1. The predicted molar refractivity (Wildman–Crippen MR) is 53.4 cm³/mol. The van der Waals surface area contributed by atoms with Gasteiger partial charge in [0, 0.05) is 10.9 Å². The molecule has 0 saturated carbocycles. The first-order valence-corrected chi connectivity index (χ1v) is 4.43. The van der Waals surface area contributed by atoms with E-state index in [1.54, 1.807) is 7.11 Å².